The van der Waals surface area contributed by atoms with Gasteiger partial charge in [0.15, 0.2) is 5.82 Å². The van der Waals surface area contributed by atoms with Gasteiger partial charge < -0.3 is 5.32 Å². The van der Waals surface area contributed by atoms with Crippen molar-refractivity contribution in [2.24, 2.45) is 0 Å². The summed E-state index contributed by atoms with van der Waals surface area (Å²) in [6, 6.07) is 23.8. The average molecular weight is 345 g/mol. The molecule has 3 aromatic carbocycles. The van der Waals surface area contributed by atoms with Crippen molar-refractivity contribution in [2.45, 2.75) is 6.42 Å². The Balaban J connectivity index is 1.50. The number of aromatic nitrogens is 2. The quantitative estimate of drug-likeness (QED) is 0.591. The van der Waals surface area contributed by atoms with Crippen LogP contribution in [-0.2, 0) is 11.2 Å². The third-order valence-electron chi connectivity index (χ3n) is 3.94. The minimum absolute atomic E-state index is 0.0906. The molecule has 1 aromatic heterocycles. The molecule has 4 aromatic rings. The fourth-order valence-corrected chi connectivity index (χ4v) is 3.37. The number of hydrogen-bond acceptors (Lipinski definition) is 4. The zero-order valence-electron chi connectivity index (χ0n) is 13.3. The van der Waals surface area contributed by atoms with E-state index in [0.29, 0.717) is 17.4 Å². The van der Waals surface area contributed by atoms with E-state index in [9.17, 15) is 4.79 Å². The maximum Gasteiger partial charge on any atom is 0.230 e. The van der Waals surface area contributed by atoms with Crippen molar-refractivity contribution in [3.8, 4) is 11.4 Å². The molecule has 0 aliphatic rings. The first-order chi connectivity index (χ1) is 12.3. The summed E-state index contributed by atoms with van der Waals surface area (Å²) in [5.41, 5.74) is 1.94. The summed E-state index contributed by atoms with van der Waals surface area (Å²) in [7, 11) is 0. The van der Waals surface area contributed by atoms with Crippen LogP contribution in [-0.4, -0.2) is 15.3 Å². The van der Waals surface area contributed by atoms with Crippen LogP contribution < -0.4 is 5.32 Å². The molecule has 0 saturated carbocycles. The number of nitrogens with zero attached hydrogens (tertiary/aromatic N) is 2. The molecule has 0 saturated heterocycles. The third kappa shape index (κ3) is 3.41. The minimum Gasteiger partial charge on any atom is -0.300 e. The summed E-state index contributed by atoms with van der Waals surface area (Å²) in [4.78, 5) is 16.8. The first-order valence-electron chi connectivity index (χ1n) is 7.95. The van der Waals surface area contributed by atoms with E-state index in [1.54, 1.807) is 0 Å². The second-order valence-corrected chi connectivity index (χ2v) is 6.40. The predicted octanol–water partition coefficient (Wildman–Crippen LogP) is 4.54. The highest BCUT2D eigenvalue weighted by atomic mass is 32.1. The summed E-state index contributed by atoms with van der Waals surface area (Å²) < 4.78 is 4.31. The zero-order chi connectivity index (χ0) is 17.1. The third-order valence-corrected chi connectivity index (χ3v) is 4.57. The van der Waals surface area contributed by atoms with Crippen molar-refractivity contribution in [1.82, 2.24) is 9.36 Å². The first kappa shape index (κ1) is 15.5. The smallest absolute Gasteiger partial charge is 0.230 e. The van der Waals surface area contributed by atoms with Crippen molar-refractivity contribution < 1.29 is 4.79 Å². The van der Waals surface area contributed by atoms with E-state index in [-0.39, 0.29) is 5.91 Å². The van der Waals surface area contributed by atoms with E-state index in [1.165, 1.54) is 11.5 Å². The van der Waals surface area contributed by atoms with Crippen LogP contribution in [0.4, 0.5) is 5.13 Å². The van der Waals surface area contributed by atoms with Crippen molar-refractivity contribution in [1.29, 1.82) is 0 Å². The molecule has 0 unspecified atom stereocenters. The van der Waals surface area contributed by atoms with Crippen molar-refractivity contribution in [3.63, 3.8) is 0 Å². The fourth-order valence-electron chi connectivity index (χ4n) is 2.76. The molecule has 0 fully saturated rings. The highest BCUT2D eigenvalue weighted by Gasteiger charge is 2.11. The number of benzene rings is 3. The van der Waals surface area contributed by atoms with Gasteiger partial charge in [0.2, 0.25) is 11.0 Å². The maximum atomic E-state index is 12.4. The van der Waals surface area contributed by atoms with E-state index >= 15 is 0 Å². The summed E-state index contributed by atoms with van der Waals surface area (Å²) in [6.07, 6.45) is 0.307. The number of carbonyl (C=O) groups excluding carboxylic acids is 1. The molecule has 0 radical (unpaired) electrons. The molecule has 0 aliphatic carbocycles. The Hall–Kier alpha value is -3.05. The second-order valence-electron chi connectivity index (χ2n) is 5.65. The van der Waals surface area contributed by atoms with E-state index in [0.717, 1.165) is 21.9 Å². The molecule has 1 amide bonds. The predicted molar refractivity (Wildman–Crippen MR) is 102 cm³/mol. The number of nitrogens with one attached hydrogen (secondary N) is 1. The number of hydrogen-bond donors (Lipinski definition) is 1. The van der Waals surface area contributed by atoms with Crippen molar-refractivity contribution in [2.75, 3.05) is 5.32 Å². The van der Waals surface area contributed by atoms with Crippen LogP contribution in [0.15, 0.2) is 72.8 Å². The maximum absolute atomic E-state index is 12.4. The Labute approximate surface area is 149 Å². The molecule has 0 aliphatic heterocycles. The van der Waals surface area contributed by atoms with Crippen LogP contribution in [0.1, 0.15) is 5.56 Å². The van der Waals surface area contributed by atoms with Crippen molar-refractivity contribution >= 4 is 33.3 Å². The number of amides is 1. The van der Waals surface area contributed by atoms with E-state index in [2.05, 4.69) is 14.7 Å². The summed E-state index contributed by atoms with van der Waals surface area (Å²) in [5, 5.41) is 5.60. The Kier molecular flexibility index (Phi) is 4.23. The zero-order valence-corrected chi connectivity index (χ0v) is 14.2. The molecular formula is C20H15N3OS. The highest BCUT2D eigenvalue weighted by molar-refractivity contribution is 7.10. The van der Waals surface area contributed by atoms with Crippen LogP contribution in [0, 0.1) is 0 Å². The molecule has 1 heterocycles. The summed E-state index contributed by atoms with van der Waals surface area (Å²) in [6.45, 7) is 0. The highest BCUT2D eigenvalue weighted by Crippen LogP contribution is 2.22. The van der Waals surface area contributed by atoms with Crippen LogP contribution >= 0.6 is 11.5 Å². The molecular weight excluding hydrogens is 330 g/mol. The Bertz CT molecular complexity index is 1020. The van der Waals surface area contributed by atoms with Crippen LogP contribution in [0.3, 0.4) is 0 Å². The molecule has 1 N–H and O–H groups in total. The Morgan fingerprint density at radius 2 is 1.68 bits per heavy atom. The van der Waals surface area contributed by atoms with Gasteiger partial charge in [-0.15, -0.1) is 0 Å². The standard InChI is InChI=1S/C20H15N3OS/c24-18(13-16-11-6-10-14-7-4-5-12-17(14)16)21-20-22-19(23-25-20)15-8-2-1-3-9-15/h1-12H,13H2,(H,21,22,23,24). The SMILES string of the molecule is O=C(Cc1cccc2ccccc12)Nc1nc(-c2ccccc2)ns1. The lowest BCUT2D eigenvalue weighted by Crippen LogP contribution is -2.14. The van der Waals surface area contributed by atoms with Crippen LogP contribution in [0.5, 0.6) is 0 Å². The molecule has 5 heteroatoms. The van der Waals surface area contributed by atoms with Gasteiger partial charge in [-0.1, -0.05) is 72.8 Å². The van der Waals surface area contributed by atoms with Gasteiger partial charge in [-0.2, -0.15) is 9.36 Å². The number of anilines is 1. The van der Waals surface area contributed by atoms with E-state index < -0.39 is 0 Å². The second kappa shape index (κ2) is 6.83. The van der Waals surface area contributed by atoms with E-state index in [4.69, 9.17) is 0 Å². The van der Waals surface area contributed by atoms with Crippen molar-refractivity contribution in [3.05, 3.63) is 78.4 Å². The van der Waals surface area contributed by atoms with Gasteiger partial charge in [0.25, 0.3) is 0 Å². The average Bonchev–Trinajstić information content (AvgIpc) is 3.11. The summed E-state index contributed by atoms with van der Waals surface area (Å²) >= 11 is 1.19. The number of fused-ring (bicyclic) bond motifs is 1. The Morgan fingerprint density at radius 3 is 2.56 bits per heavy atom. The topological polar surface area (TPSA) is 54.9 Å². The van der Waals surface area contributed by atoms with Gasteiger partial charge in [0.05, 0.1) is 6.42 Å². The lowest BCUT2D eigenvalue weighted by molar-refractivity contribution is -0.115. The fraction of sp³-hybridized carbons (Fsp3) is 0.0500. The largest absolute Gasteiger partial charge is 0.300 e. The lowest BCUT2D eigenvalue weighted by Gasteiger charge is -2.06. The molecule has 25 heavy (non-hydrogen) atoms. The van der Waals surface area contributed by atoms with Gasteiger partial charge >= 0.3 is 0 Å². The van der Waals surface area contributed by atoms with E-state index in [1.807, 2.05) is 72.8 Å². The van der Waals surface area contributed by atoms with Crippen LogP contribution in [0.25, 0.3) is 22.2 Å². The first-order valence-corrected chi connectivity index (χ1v) is 8.72. The number of rotatable bonds is 4. The molecule has 4 nitrogen and oxygen atoms in total. The van der Waals surface area contributed by atoms with Gasteiger partial charge in [0, 0.05) is 17.1 Å². The van der Waals surface area contributed by atoms with Crippen LogP contribution in [0.2, 0.25) is 0 Å². The molecule has 0 spiro atoms. The van der Waals surface area contributed by atoms with Gasteiger partial charge in [0.1, 0.15) is 0 Å². The molecule has 0 bridgehead atoms. The normalized spacial score (nSPS) is 10.7. The van der Waals surface area contributed by atoms with Gasteiger partial charge in [-0.05, 0) is 16.3 Å². The molecule has 0 atom stereocenters. The lowest BCUT2D eigenvalue weighted by atomic mass is 10.0. The monoisotopic (exact) mass is 345 g/mol. The van der Waals surface area contributed by atoms with Gasteiger partial charge in [-0.25, -0.2) is 0 Å². The van der Waals surface area contributed by atoms with Gasteiger partial charge in [-0.3, -0.25) is 4.79 Å². The minimum atomic E-state index is -0.0906. The Morgan fingerprint density at radius 1 is 0.920 bits per heavy atom. The summed E-state index contributed by atoms with van der Waals surface area (Å²) in [5.74, 6) is 0.540. The molecule has 4 rings (SSSR count). The number of carbonyl (C=O) groups is 1. The molecule has 122 valence electrons.